The summed E-state index contributed by atoms with van der Waals surface area (Å²) in [6.07, 6.45) is 2.13. The Morgan fingerprint density at radius 2 is 2.43 bits per heavy atom. The van der Waals surface area contributed by atoms with Crippen LogP contribution in [0, 0.1) is 0 Å². The lowest BCUT2D eigenvalue weighted by Crippen LogP contribution is -2.17. The minimum Gasteiger partial charge on any atom is -0.511 e. The summed E-state index contributed by atoms with van der Waals surface area (Å²) < 4.78 is 0. The van der Waals surface area contributed by atoms with Gasteiger partial charge in [-0.2, -0.15) is 0 Å². The Bertz CT molecular complexity index is 284. The van der Waals surface area contributed by atoms with Crippen molar-refractivity contribution in [2.45, 2.75) is 19.8 Å². The number of nitrogens with one attached hydrogen (secondary N) is 1. The van der Waals surface area contributed by atoms with Crippen molar-refractivity contribution in [1.29, 1.82) is 0 Å². The van der Waals surface area contributed by atoms with Crippen molar-refractivity contribution < 1.29 is 9.90 Å². The number of unbranched alkanes of at least 4 members (excludes halogenated alkanes) is 1. The van der Waals surface area contributed by atoms with Crippen molar-refractivity contribution in [3.8, 4) is 0 Å². The molecule has 4 heteroatoms. The third-order valence-corrected chi connectivity index (χ3v) is 2.89. The van der Waals surface area contributed by atoms with Crippen molar-refractivity contribution in [3.63, 3.8) is 0 Å². The molecule has 0 unspecified atom stereocenters. The van der Waals surface area contributed by atoms with E-state index in [2.05, 4.69) is 18.8 Å². The molecule has 0 aliphatic carbocycles. The molecule has 1 aliphatic rings. The molecule has 1 heterocycles. The molecule has 2 N–H and O–H groups in total. The van der Waals surface area contributed by atoms with E-state index in [9.17, 15) is 9.90 Å². The number of carbonyl (C=O) groups excluding carboxylic acids is 1. The second-order valence-electron chi connectivity index (χ2n) is 3.16. The van der Waals surface area contributed by atoms with E-state index < -0.39 is 0 Å². The van der Waals surface area contributed by atoms with Gasteiger partial charge in [0, 0.05) is 12.2 Å². The molecule has 0 atom stereocenters. The van der Waals surface area contributed by atoms with Gasteiger partial charge >= 0.3 is 0 Å². The van der Waals surface area contributed by atoms with E-state index in [1.807, 2.05) is 0 Å². The number of rotatable bonds is 5. The number of hydrogen-bond donors (Lipinski definition) is 2. The molecule has 0 bridgehead atoms. The Kier molecular flexibility index (Phi) is 4.07. The number of allylic oxidation sites excluding steroid dienone is 1. The van der Waals surface area contributed by atoms with Gasteiger partial charge in [0.2, 0.25) is 5.12 Å². The van der Waals surface area contributed by atoms with Crippen molar-refractivity contribution in [1.82, 2.24) is 5.32 Å². The normalized spacial score (nSPS) is 16.2. The Hall–Kier alpha value is -0.900. The fourth-order valence-corrected chi connectivity index (χ4v) is 2.00. The smallest absolute Gasteiger partial charge is 0.225 e. The first-order chi connectivity index (χ1) is 6.66. The highest BCUT2D eigenvalue weighted by atomic mass is 32.2. The average molecular weight is 213 g/mol. The molecular weight excluding hydrogens is 198 g/mol. The van der Waals surface area contributed by atoms with Crippen LogP contribution < -0.4 is 5.32 Å². The minimum atomic E-state index is -0.0866. The zero-order chi connectivity index (χ0) is 10.6. The molecule has 0 saturated heterocycles. The zero-order valence-corrected chi connectivity index (χ0v) is 9.12. The molecule has 1 rings (SSSR count). The van der Waals surface area contributed by atoms with Gasteiger partial charge in [0.25, 0.3) is 0 Å². The maximum atomic E-state index is 11.3. The lowest BCUT2D eigenvalue weighted by atomic mass is 10.2. The van der Waals surface area contributed by atoms with Gasteiger partial charge in [0.15, 0.2) is 0 Å². The molecule has 0 radical (unpaired) electrons. The van der Waals surface area contributed by atoms with Crippen molar-refractivity contribution >= 4 is 16.9 Å². The standard InChI is InChI=1S/C10H15NO2S/c1-3-4-5-11-7(2)9-8(12)6-14-10(9)13/h11-12H,2-6H2,1H3. The van der Waals surface area contributed by atoms with Crippen LogP contribution >= 0.6 is 11.8 Å². The molecule has 0 saturated carbocycles. The van der Waals surface area contributed by atoms with Gasteiger partial charge in [0.1, 0.15) is 5.76 Å². The number of hydrogen-bond acceptors (Lipinski definition) is 4. The number of aliphatic hydroxyl groups excluding tert-OH is 1. The lowest BCUT2D eigenvalue weighted by Gasteiger charge is -2.08. The third kappa shape index (κ3) is 2.54. The first kappa shape index (κ1) is 11.2. The van der Waals surface area contributed by atoms with Crippen LogP contribution in [-0.4, -0.2) is 22.5 Å². The highest BCUT2D eigenvalue weighted by Gasteiger charge is 2.25. The average Bonchev–Trinajstić information content (AvgIpc) is 2.46. The van der Waals surface area contributed by atoms with Gasteiger partial charge < -0.3 is 10.4 Å². The Morgan fingerprint density at radius 1 is 1.71 bits per heavy atom. The quantitative estimate of drug-likeness (QED) is 0.686. The first-order valence-corrected chi connectivity index (χ1v) is 5.67. The highest BCUT2D eigenvalue weighted by molar-refractivity contribution is 8.14. The predicted octanol–water partition coefficient (Wildman–Crippen LogP) is 1.98. The Balaban J connectivity index is 2.52. The van der Waals surface area contributed by atoms with Gasteiger partial charge in [-0.3, -0.25) is 4.79 Å². The van der Waals surface area contributed by atoms with E-state index in [1.165, 1.54) is 0 Å². The summed E-state index contributed by atoms with van der Waals surface area (Å²) in [7, 11) is 0. The third-order valence-electron chi connectivity index (χ3n) is 2.00. The SMILES string of the molecule is C=C(NCCCC)C1=C(O)CSC1=O. The van der Waals surface area contributed by atoms with Crippen LogP contribution in [0.1, 0.15) is 19.8 Å². The molecule has 14 heavy (non-hydrogen) atoms. The van der Waals surface area contributed by atoms with Gasteiger partial charge in [0.05, 0.1) is 11.3 Å². The van der Waals surface area contributed by atoms with Gasteiger partial charge in [-0.15, -0.1) is 0 Å². The molecule has 0 aromatic carbocycles. The summed E-state index contributed by atoms with van der Waals surface area (Å²) in [5.41, 5.74) is 0.914. The van der Waals surface area contributed by atoms with Crippen LogP contribution in [0.4, 0.5) is 0 Å². The molecule has 3 nitrogen and oxygen atoms in total. The summed E-state index contributed by atoms with van der Waals surface area (Å²) in [5, 5.41) is 12.4. The van der Waals surface area contributed by atoms with Crippen LogP contribution in [0.25, 0.3) is 0 Å². The van der Waals surface area contributed by atoms with Crippen molar-refractivity contribution in [2.75, 3.05) is 12.3 Å². The molecule has 0 aromatic heterocycles. The van der Waals surface area contributed by atoms with E-state index in [0.717, 1.165) is 31.1 Å². The van der Waals surface area contributed by atoms with Crippen LogP contribution in [0.5, 0.6) is 0 Å². The molecule has 0 aromatic rings. The lowest BCUT2D eigenvalue weighted by molar-refractivity contribution is -0.107. The maximum Gasteiger partial charge on any atom is 0.225 e. The molecule has 0 amide bonds. The zero-order valence-electron chi connectivity index (χ0n) is 8.30. The van der Waals surface area contributed by atoms with Crippen LogP contribution in [0.2, 0.25) is 0 Å². The van der Waals surface area contributed by atoms with Crippen molar-refractivity contribution in [3.05, 3.63) is 23.6 Å². The number of aliphatic hydroxyl groups is 1. The molecule has 0 spiro atoms. The van der Waals surface area contributed by atoms with Crippen LogP contribution in [0.3, 0.4) is 0 Å². The van der Waals surface area contributed by atoms with E-state index in [1.54, 1.807) is 0 Å². The van der Waals surface area contributed by atoms with Gasteiger partial charge in [-0.1, -0.05) is 31.7 Å². The summed E-state index contributed by atoms with van der Waals surface area (Å²) in [6.45, 7) is 6.64. The fraction of sp³-hybridized carbons (Fsp3) is 0.500. The largest absolute Gasteiger partial charge is 0.511 e. The van der Waals surface area contributed by atoms with Gasteiger partial charge in [-0.25, -0.2) is 0 Å². The topological polar surface area (TPSA) is 49.3 Å². The minimum absolute atomic E-state index is 0.0866. The Labute approximate surface area is 88.3 Å². The summed E-state index contributed by atoms with van der Waals surface area (Å²) >= 11 is 1.12. The summed E-state index contributed by atoms with van der Waals surface area (Å²) in [4.78, 5) is 11.3. The van der Waals surface area contributed by atoms with E-state index >= 15 is 0 Å². The predicted molar refractivity (Wildman–Crippen MR) is 59.2 cm³/mol. The van der Waals surface area contributed by atoms with Crippen molar-refractivity contribution in [2.24, 2.45) is 0 Å². The molecule has 0 fully saturated rings. The second-order valence-corrected chi connectivity index (χ2v) is 4.10. The number of carbonyl (C=O) groups is 1. The second kappa shape index (κ2) is 5.10. The fourth-order valence-electron chi connectivity index (χ4n) is 1.20. The van der Waals surface area contributed by atoms with Crippen LogP contribution in [-0.2, 0) is 4.79 Å². The number of thioether (sulfide) groups is 1. The maximum absolute atomic E-state index is 11.3. The van der Waals surface area contributed by atoms with E-state index in [-0.39, 0.29) is 10.9 Å². The summed E-state index contributed by atoms with van der Waals surface area (Å²) in [6, 6.07) is 0. The van der Waals surface area contributed by atoms with E-state index in [4.69, 9.17) is 0 Å². The van der Waals surface area contributed by atoms with E-state index in [0.29, 0.717) is 17.0 Å². The summed E-state index contributed by atoms with van der Waals surface area (Å²) in [5.74, 6) is 0.525. The van der Waals surface area contributed by atoms with Gasteiger partial charge in [-0.05, 0) is 6.42 Å². The first-order valence-electron chi connectivity index (χ1n) is 4.69. The molecule has 78 valence electrons. The monoisotopic (exact) mass is 213 g/mol. The van der Waals surface area contributed by atoms with Crippen LogP contribution in [0.15, 0.2) is 23.6 Å². The molecule has 1 aliphatic heterocycles. The highest BCUT2D eigenvalue weighted by Crippen LogP contribution is 2.27. The molecular formula is C10H15NO2S. The Morgan fingerprint density at radius 3 is 2.93 bits per heavy atom.